The summed E-state index contributed by atoms with van der Waals surface area (Å²) in [5.74, 6) is 0.791. The summed E-state index contributed by atoms with van der Waals surface area (Å²) >= 11 is 1.61. The molecule has 2 aromatic rings. The first kappa shape index (κ1) is 17.2. The van der Waals surface area contributed by atoms with Crippen molar-refractivity contribution in [3.8, 4) is 0 Å². The van der Waals surface area contributed by atoms with E-state index in [-0.39, 0.29) is 23.1 Å². The molecule has 1 saturated heterocycles. The Hall–Kier alpha value is -2.27. The third kappa shape index (κ3) is 3.23. The average Bonchev–Trinajstić information content (AvgIpc) is 3.40. The topological polar surface area (TPSA) is 49.4 Å². The molecule has 1 aliphatic carbocycles. The van der Waals surface area contributed by atoms with Gasteiger partial charge in [0.05, 0.1) is 5.75 Å². The fourth-order valence-corrected chi connectivity index (χ4v) is 4.60. The summed E-state index contributed by atoms with van der Waals surface area (Å²) in [6, 6.07) is 14.0. The summed E-state index contributed by atoms with van der Waals surface area (Å²) in [6.07, 6.45) is 1.94. The monoisotopic (exact) mass is 366 g/mol. The van der Waals surface area contributed by atoms with Crippen LogP contribution in [0.3, 0.4) is 0 Å². The lowest BCUT2D eigenvalue weighted by atomic mass is 10.1. The van der Waals surface area contributed by atoms with Crippen molar-refractivity contribution in [1.82, 2.24) is 0 Å². The number of anilines is 2. The summed E-state index contributed by atoms with van der Waals surface area (Å²) in [7, 11) is 0. The van der Waals surface area contributed by atoms with Gasteiger partial charge in [-0.15, -0.1) is 11.8 Å². The van der Waals surface area contributed by atoms with Gasteiger partial charge >= 0.3 is 0 Å². The van der Waals surface area contributed by atoms with Crippen molar-refractivity contribution >= 4 is 35.0 Å². The van der Waals surface area contributed by atoms with Crippen molar-refractivity contribution < 1.29 is 9.59 Å². The van der Waals surface area contributed by atoms with Crippen molar-refractivity contribution in [3.05, 3.63) is 59.2 Å². The Kier molecular flexibility index (Phi) is 4.49. The van der Waals surface area contributed by atoms with Crippen molar-refractivity contribution in [2.45, 2.75) is 32.1 Å². The Bertz CT molecular complexity index is 876. The van der Waals surface area contributed by atoms with Crippen LogP contribution in [0.2, 0.25) is 0 Å². The van der Waals surface area contributed by atoms with Gasteiger partial charge in [-0.25, -0.2) is 0 Å². The second-order valence-corrected chi connectivity index (χ2v) is 8.14. The van der Waals surface area contributed by atoms with Crippen LogP contribution >= 0.6 is 11.8 Å². The minimum absolute atomic E-state index is 0.0878. The van der Waals surface area contributed by atoms with Crippen molar-refractivity contribution in [3.63, 3.8) is 0 Å². The number of rotatable bonds is 4. The van der Waals surface area contributed by atoms with Gasteiger partial charge in [-0.05, 0) is 44.4 Å². The molecule has 1 saturated carbocycles. The first-order chi connectivity index (χ1) is 12.5. The third-order valence-corrected chi connectivity index (χ3v) is 6.11. The molecule has 4 nitrogen and oxygen atoms in total. The number of hydrogen-bond acceptors (Lipinski definition) is 3. The molecular weight excluding hydrogens is 344 g/mol. The van der Waals surface area contributed by atoms with Gasteiger partial charge in [0.25, 0.3) is 0 Å². The van der Waals surface area contributed by atoms with Crippen molar-refractivity contribution in [2.24, 2.45) is 5.92 Å². The van der Waals surface area contributed by atoms with E-state index in [2.05, 4.69) is 18.3 Å². The number of carbonyl (C=O) groups is 2. The number of aryl methyl sites for hydroxylation is 2. The van der Waals surface area contributed by atoms with E-state index in [1.807, 2.05) is 48.2 Å². The zero-order valence-corrected chi connectivity index (χ0v) is 15.8. The highest BCUT2D eigenvalue weighted by Gasteiger charge is 2.37. The zero-order valence-electron chi connectivity index (χ0n) is 15.0. The summed E-state index contributed by atoms with van der Waals surface area (Å²) < 4.78 is 0. The molecule has 2 aromatic carbocycles. The number of nitrogens with one attached hydrogen (secondary N) is 1. The SMILES string of the molecule is Cc1ccc(N2C(=O)CS[C@H]2c2ccccc2NC(=O)C2CC2)c(C)c1. The van der Waals surface area contributed by atoms with E-state index in [0.717, 1.165) is 35.3 Å². The summed E-state index contributed by atoms with van der Waals surface area (Å²) in [4.78, 5) is 26.8. The van der Waals surface area contributed by atoms with E-state index in [1.54, 1.807) is 11.8 Å². The molecule has 134 valence electrons. The molecule has 1 aliphatic heterocycles. The van der Waals surface area contributed by atoms with E-state index in [4.69, 9.17) is 0 Å². The lowest BCUT2D eigenvalue weighted by molar-refractivity contribution is -0.117. The van der Waals surface area contributed by atoms with Crippen molar-refractivity contribution in [2.75, 3.05) is 16.0 Å². The number of thioether (sulfide) groups is 1. The molecule has 1 atom stereocenters. The van der Waals surface area contributed by atoms with Gasteiger partial charge in [0.15, 0.2) is 0 Å². The lowest BCUT2D eigenvalue weighted by Gasteiger charge is -2.27. The smallest absolute Gasteiger partial charge is 0.238 e. The number of benzene rings is 2. The van der Waals surface area contributed by atoms with Gasteiger partial charge in [0.2, 0.25) is 11.8 Å². The summed E-state index contributed by atoms with van der Waals surface area (Å²) in [5.41, 5.74) is 5.01. The molecule has 5 heteroatoms. The van der Waals surface area contributed by atoms with Crippen LogP contribution < -0.4 is 10.2 Å². The fraction of sp³-hybridized carbons (Fsp3) is 0.333. The molecule has 0 unspecified atom stereocenters. The molecule has 2 aliphatic rings. The number of amides is 2. The number of hydrogen-bond donors (Lipinski definition) is 1. The Morgan fingerprint density at radius 1 is 1.15 bits per heavy atom. The molecule has 26 heavy (non-hydrogen) atoms. The molecule has 2 fully saturated rings. The highest BCUT2D eigenvalue weighted by atomic mass is 32.2. The number of carbonyl (C=O) groups excluding carboxylic acids is 2. The predicted molar refractivity (Wildman–Crippen MR) is 106 cm³/mol. The first-order valence-electron chi connectivity index (χ1n) is 8.95. The van der Waals surface area contributed by atoms with Crippen LogP contribution in [-0.4, -0.2) is 17.6 Å². The van der Waals surface area contributed by atoms with E-state index in [9.17, 15) is 9.59 Å². The maximum atomic E-state index is 12.7. The molecule has 0 aromatic heterocycles. The van der Waals surface area contributed by atoms with Gasteiger partial charge in [0, 0.05) is 22.9 Å². The van der Waals surface area contributed by atoms with Gasteiger partial charge < -0.3 is 5.32 Å². The third-order valence-electron chi connectivity index (χ3n) is 4.91. The average molecular weight is 366 g/mol. The number of para-hydroxylation sites is 1. The molecule has 2 amide bonds. The first-order valence-corrected chi connectivity index (χ1v) is 10.00. The standard InChI is InChI=1S/C21H22N2O2S/c1-13-7-10-18(14(2)11-13)23-19(24)12-26-21(23)16-5-3-4-6-17(16)22-20(25)15-8-9-15/h3-7,10-11,15,21H,8-9,12H2,1-2H3,(H,22,25)/t21-/m0/s1. The second-order valence-electron chi connectivity index (χ2n) is 7.07. The maximum Gasteiger partial charge on any atom is 0.238 e. The van der Waals surface area contributed by atoms with Crippen molar-refractivity contribution in [1.29, 1.82) is 0 Å². The fourth-order valence-electron chi connectivity index (χ4n) is 3.40. The summed E-state index contributed by atoms with van der Waals surface area (Å²) in [5, 5.41) is 2.94. The minimum atomic E-state index is -0.125. The van der Waals surface area contributed by atoms with Gasteiger partial charge in [-0.3, -0.25) is 14.5 Å². The molecule has 4 rings (SSSR count). The molecule has 1 heterocycles. The molecular formula is C21H22N2O2S. The highest BCUT2D eigenvalue weighted by molar-refractivity contribution is 8.00. The second kappa shape index (κ2) is 6.80. The molecule has 0 spiro atoms. The van der Waals surface area contributed by atoms with Crippen LogP contribution in [-0.2, 0) is 9.59 Å². The summed E-state index contributed by atoms with van der Waals surface area (Å²) in [6.45, 7) is 4.09. The van der Waals surface area contributed by atoms with Crippen LogP contribution in [0.1, 0.15) is 34.9 Å². The van der Waals surface area contributed by atoms with Crippen LogP contribution in [0, 0.1) is 19.8 Å². The predicted octanol–water partition coefficient (Wildman–Crippen LogP) is 4.43. The van der Waals surface area contributed by atoms with Gasteiger partial charge in [0.1, 0.15) is 5.37 Å². The van der Waals surface area contributed by atoms with E-state index in [0.29, 0.717) is 5.75 Å². The Morgan fingerprint density at radius 2 is 1.92 bits per heavy atom. The van der Waals surface area contributed by atoms with Crippen LogP contribution in [0.4, 0.5) is 11.4 Å². The van der Waals surface area contributed by atoms with Crippen LogP contribution in [0.5, 0.6) is 0 Å². The quantitative estimate of drug-likeness (QED) is 0.871. The van der Waals surface area contributed by atoms with Gasteiger partial charge in [-0.2, -0.15) is 0 Å². The minimum Gasteiger partial charge on any atom is -0.325 e. The Morgan fingerprint density at radius 3 is 2.65 bits per heavy atom. The maximum absolute atomic E-state index is 12.7. The normalized spacial score (nSPS) is 19.7. The zero-order chi connectivity index (χ0) is 18.3. The van der Waals surface area contributed by atoms with Crippen LogP contribution in [0.25, 0.3) is 0 Å². The Labute approximate surface area is 158 Å². The molecule has 0 radical (unpaired) electrons. The largest absolute Gasteiger partial charge is 0.325 e. The van der Waals surface area contributed by atoms with E-state index >= 15 is 0 Å². The highest BCUT2D eigenvalue weighted by Crippen LogP contribution is 2.45. The Balaban J connectivity index is 1.70. The molecule has 1 N–H and O–H groups in total. The number of nitrogens with zero attached hydrogens (tertiary/aromatic N) is 1. The van der Waals surface area contributed by atoms with E-state index in [1.165, 1.54) is 5.56 Å². The molecule has 0 bridgehead atoms. The van der Waals surface area contributed by atoms with Crippen LogP contribution in [0.15, 0.2) is 42.5 Å². The van der Waals surface area contributed by atoms with Gasteiger partial charge in [-0.1, -0.05) is 35.9 Å². The lowest BCUT2D eigenvalue weighted by Crippen LogP contribution is -2.29. The van der Waals surface area contributed by atoms with E-state index < -0.39 is 0 Å².